The molecule has 1 N–H and O–H groups in total. The highest BCUT2D eigenvalue weighted by Gasteiger charge is 2.35. The number of rotatable bonds is 14. The van der Waals surface area contributed by atoms with E-state index in [4.69, 9.17) is 11.6 Å². The molecule has 0 spiro atoms. The summed E-state index contributed by atoms with van der Waals surface area (Å²) in [5, 5.41) is 3.34. The third kappa shape index (κ3) is 8.73. The Balaban J connectivity index is 1.82. The van der Waals surface area contributed by atoms with Gasteiger partial charge in [0.15, 0.2) is 0 Å². The van der Waals surface area contributed by atoms with E-state index in [0.717, 1.165) is 28.3 Å². The maximum atomic E-state index is 15.1. The molecular weight excluding hydrogens is 625 g/mol. The minimum atomic E-state index is -4.27. The quantitative estimate of drug-likeness (QED) is 0.150. The molecule has 0 radical (unpaired) electrons. The molecule has 46 heavy (non-hydrogen) atoms. The fourth-order valence-electron chi connectivity index (χ4n) is 5.12. The molecule has 0 aliphatic rings. The Kier molecular flexibility index (Phi) is 12.0. The highest BCUT2D eigenvalue weighted by molar-refractivity contribution is 7.92. The number of carbonyl (C=O) groups is 2. The van der Waals surface area contributed by atoms with Crippen LogP contribution in [0.15, 0.2) is 102 Å². The zero-order valence-corrected chi connectivity index (χ0v) is 27.8. The van der Waals surface area contributed by atoms with E-state index in [1.807, 2.05) is 44.2 Å². The minimum absolute atomic E-state index is 0.000881. The molecule has 0 unspecified atom stereocenters. The van der Waals surface area contributed by atoms with Gasteiger partial charge in [0.1, 0.15) is 18.4 Å². The number of anilines is 1. The second-order valence-electron chi connectivity index (χ2n) is 11.2. The number of benzene rings is 4. The number of carbonyl (C=O) groups excluding carboxylic acids is 2. The van der Waals surface area contributed by atoms with Gasteiger partial charge in [-0.1, -0.05) is 91.2 Å². The average molecular weight is 664 g/mol. The van der Waals surface area contributed by atoms with Gasteiger partial charge in [0.25, 0.3) is 10.0 Å². The van der Waals surface area contributed by atoms with Gasteiger partial charge in [0.2, 0.25) is 11.8 Å². The van der Waals surface area contributed by atoms with Crippen molar-refractivity contribution in [1.82, 2.24) is 10.2 Å². The molecule has 0 saturated heterocycles. The van der Waals surface area contributed by atoms with Crippen LogP contribution in [0.4, 0.5) is 10.1 Å². The summed E-state index contributed by atoms with van der Waals surface area (Å²) in [5.41, 5.74) is 2.66. The van der Waals surface area contributed by atoms with E-state index < -0.39 is 40.2 Å². The first-order chi connectivity index (χ1) is 22.0. The predicted molar refractivity (Wildman–Crippen MR) is 181 cm³/mol. The highest BCUT2D eigenvalue weighted by atomic mass is 35.5. The van der Waals surface area contributed by atoms with Crippen LogP contribution in [-0.4, -0.2) is 44.3 Å². The third-order valence-electron chi connectivity index (χ3n) is 7.71. The molecule has 2 amide bonds. The van der Waals surface area contributed by atoms with E-state index in [0.29, 0.717) is 17.1 Å². The molecule has 4 aromatic rings. The standard InChI is InChI=1S/C36H39ClFN3O4S/c1-4-5-21-39-36(43)34(23-28-11-7-6-8-12-28)40(24-29-13-9-10-14-32(29)38)35(42)25-41(33-20-17-30(37)22-27(33)3)46(44,45)31-18-15-26(2)16-19-31/h6-20,22,34H,4-5,21,23-25H2,1-3H3,(H,39,43)/t34-/m1/s1. The van der Waals surface area contributed by atoms with Crippen molar-refractivity contribution < 1.29 is 22.4 Å². The maximum absolute atomic E-state index is 15.1. The first-order valence-corrected chi connectivity index (χ1v) is 17.0. The fourth-order valence-corrected chi connectivity index (χ4v) is 6.83. The van der Waals surface area contributed by atoms with Gasteiger partial charge in [-0.3, -0.25) is 13.9 Å². The van der Waals surface area contributed by atoms with Crippen LogP contribution >= 0.6 is 11.6 Å². The van der Waals surface area contributed by atoms with Gasteiger partial charge in [0.05, 0.1) is 10.6 Å². The van der Waals surface area contributed by atoms with Crippen molar-refractivity contribution in [3.05, 3.63) is 130 Å². The van der Waals surface area contributed by atoms with Gasteiger partial charge in [-0.15, -0.1) is 0 Å². The predicted octanol–water partition coefficient (Wildman–Crippen LogP) is 6.85. The van der Waals surface area contributed by atoms with E-state index in [1.54, 1.807) is 55.5 Å². The van der Waals surface area contributed by atoms with Crippen LogP contribution < -0.4 is 9.62 Å². The molecule has 10 heteroatoms. The van der Waals surface area contributed by atoms with E-state index >= 15 is 4.39 Å². The summed E-state index contributed by atoms with van der Waals surface area (Å²) in [6, 6.07) is 25.3. The van der Waals surface area contributed by atoms with Crippen LogP contribution in [0, 0.1) is 19.7 Å². The van der Waals surface area contributed by atoms with Crippen LogP contribution in [0.1, 0.15) is 42.0 Å². The molecule has 0 aliphatic heterocycles. The Morgan fingerprint density at radius 3 is 2.24 bits per heavy atom. The van der Waals surface area contributed by atoms with Crippen LogP contribution in [0.5, 0.6) is 0 Å². The molecule has 0 aromatic heterocycles. The Hall–Kier alpha value is -4.21. The van der Waals surface area contributed by atoms with Crippen molar-refractivity contribution in [3.63, 3.8) is 0 Å². The summed E-state index contributed by atoms with van der Waals surface area (Å²) in [6.07, 6.45) is 1.74. The van der Waals surface area contributed by atoms with E-state index in [1.165, 1.54) is 23.1 Å². The molecule has 0 aliphatic carbocycles. The van der Waals surface area contributed by atoms with Crippen molar-refractivity contribution in [3.8, 4) is 0 Å². The summed E-state index contributed by atoms with van der Waals surface area (Å²) < 4.78 is 44.5. The second-order valence-corrected chi connectivity index (χ2v) is 13.5. The molecular formula is C36H39ClFN3O4S. The molecule has 1 atom stereocenters. The third-order valence-corrected chi connectivity index (χ3v) is 9.72. The lowest BCUT2D eigenvalue weighted by Gasteiger charge is -2.34. The number of aryl methyl sites for hydroxylation is 2. The maximum Gasteiger partial charge on any atom is 0.264 e. The lowest BCUT2D eigenvalue weighted by molar-refractivity contribution is -0.140. The van der Waals surface area contributed by atoms with Gasteiger partial charge in [0, 0.05) is 30.1 Å². The number of nitrogens with zero attached hydrogens (tertiary/aromatic N) is 2. The summed E-state index contributed by atoms with van der Waals surface area (Å²) in [4.78, 5) is 29.6. The molecule has 0 saturated carbocycles. The van der Waals surface area contributed by atoms with E-state index in [2.05, 4.69) is 5.32 Å². The molecule has 0 bridgehead atoms. The zero-order valence-electron chi connectivity index (χ0n) is 26.2. The molecule has 7 nitrogen and oxygen atoms in total. The van der Waals surface area contributed by atoms with Crippen LogP contribution in [0.2, 0.25) is 5.02 Å². The molecule has 4 aromatic carbocycles. The Bertz CT molecular complexity index is 1750. The van der Waals surface area contributed by atoms with Crippen LogP contribution in [-0.2, 0) is 32.6 Å². The second kappa shape index (κ2) is 15.9. The largest absolute Gasteiger partial charge is 0.354 e. The fraction of sp³-hybridized carbons (Fsp3) is 0.278. The minimum Gasteiger partial charge on any atom is -0.354 e. The Morgan fingerprint density at radius 1 is 0.913 bits per heavy atom. The summed E-state index contributed by atoms with van der Waals surface area (Å²) >= 11 is 6.21. The number of unbranched alkanes of at least 4 members (excludes halogenated alkanes) is 1. The monoisotopic (exact) mass is 663 g/mol. The van der Waals surface area contributed by atoms with Crippen molar-refractivity contribution in [2.45, 2.75) is 57.5 Å². The molecule has 4 rings (SSSR count). The van der Waals surface area contributed by atoms with E-state index in [-0.39, 0.29) is 29.1 Å². The van der Waals surface area contributed by atoms with Crippen LogP contribution in [0.25, 0.3) is 0 Å². The first kappa shape index (κ1) is 34.7. The van der Waals surface area contributed by atoms with Gasteiger partial charge in [-0.25, -0.2) is 12.8 Å². The van der Waals surface area contributed by atoms with Crippen molar-refractivity contribution in [1.29, 1.82) is 0 Å². The SMILES string of the molecule is CCCCNC(=O)[C@@H](Cc1ccccc1)N(Cc1ccccc1F)C(=O)CN(c1ccc(Cl)cc1C)S(=O)(=O)c1ccc(C)cc1. The number of hydrogen-bond acceptors (Lipinski definition) is 4. The number of sulfonamides is 1. The van der Waals surface area contributed by atoms with Crippen molar-refractivity contribution in [2.24, 2.45) is 0 Å². The molecule has 242 valence electrons. The highest BCUT2D eigenvalue weighted by Crippen LogP contribution is 2.30. The summed E-state index contributed by atoms with van der Waals surface area (Å²) in [5.74, 6) is -1.61. The number of halogens is 2. The number of amides is 2. The molecule has 0 fully saturated rings. The average Bonchev–Trinajstić information content (AvgIpc) is 3.03. The summed E-state index contributed by atoms with van der Waals surface area (Å²) in [6.45, 7) is 5.08. The Morgan fingerprint density at radius 2 is 1.59 bits per heavy atom. The zero-order chi connectivity index (χ0) is 33.3. The van der Waals surface area contributed by atoms with E-state index in [9.17, 15) is 18.0 Å². The number of hydrogen-bond donors (Lipinski definition) is 1. The van der Waals surface area contributed by atoms with Gasteiger partial charge in [-0.05, 0) is 67.8 Å². The Labute approximate surface area is 276 Å². The van der Waals surface area contributed by atoms with Crippen molar-refractivity contribution in [2.75, 3.05) is 17.4 Å². The normalized spacial score (nSPS) is 11.9. The number of nitrogens with one attached hydrogen (secondary N) is 1. The molecule has 0 heterocycles. The first-order valence-electron chi connectivity index (χ1n) is 15.2. The van der Waals surface area contributed by atoms with Gasteiger partial charge >= 0.3 is 0 Å². The van der Waals surface area contributed by atoms with Crippen molar-refractivity contribution >= 4 is 39.1 Å². The smallest absolute Gasteiger partial charge is 0.264 e. The van der Waals surface area contributed by atoms with Crippen LogP contribution in [0.3, 0.4) is 0 Å². The lowest BCUT2D eigenvalue weighted by atomic mass is 10.0. The van der Waals surface area contributed by atoms with Gasteiger partial charge < -0.3 is 10.2 Å². The van der Waals surface area contributed by atoms with Gasteiger partial charge in [-0.2, -0.15) is 0 Å². The summed E-state index contributed by atoms with van der Waals surface area (Å²) in [7, 11) is -4.27. The topological polar surface area (TPSA) is 86.8 Å². The lowest BCUT2D eigenvalue weighted by Crippen LogP contribution is -2.53.